The summed E-state index contributed by atoms with van der Waals surface area (Å²) in [7, 11) is 0. The Balaban J connectivity index is 2.32. The molecule has 166 valence electrons. The molecule has 0 aliphatic carbocycles. The van der Waals surface area contributed by atoms with Crippen molar-refractivity contribution in [3.63, 3.8) is 0 Å². The summed E-state index contributed by atoms with van der Waals surface area (Å²) in [6.07, 6.45) is 4.36. The molecule has 1 aromatic carbocycles. The van der Waals surface area contributed by atoms with Crippen LogP contribution in [0.15, 0.2) is 17.2 Å². The first kappa shape index (κ1) is 24.1. The zero-order valence-electron chi connectivity index (χ0n) is 17.7. The normalized spacial score (nSPS) is 12.4. The third-order valence-corrected chi connectivity index (χ3v) is 6.24. The van der Waals surface area contributed by atoms with Crippen LogP contribution in [-0.4, -0.2) is 38.6 Å². The van der Waals surface area contributed by atoms with Crippen molar-refractivity contribution >= 4 is 63.6 Å². The summed E-state index contributed by atoms with van der Waals surface area (Å²) in [4.78, 5) is 22.1. The number of aryl methyl sites for hydroxylation is 1. The van der Waals surface area contributed by atoms with E-state index in [1.807, 2.05) is 6.26 Å². The van der Waals surface area contributed by atoms with Gasteiger partial charge in [0.1, 0.15) is 16.5 Å². The van der Waals surface area contributed by atoms with Gasteiger partial charge in [0.25, 0.3) is 0 Å². The summed E-state index contributed by atoms with van der Waals surface area (Å²) in [6.45, 7) is 5.97. The third-order valence-electron chi connectivity index (χ3n) is 4.77. The quantitative estimate of drug-likeness (QED) is 0.254. The van der Waals surface area contributed by atoms with Gasteiger partial charge in [0.05, 0.1) is 33.7 Å². The summed E-state index contributed by atoms with van der Waals surface area (Å²) in [5.74, 6) is -0.287. The van der Waals surface area contributed by atoms with E-state index in [-0.39, 0.29) is 5.97 Å². The predicted octanol–water partition coefficient (Wildman–Crippen LogP) is 6.64. The molecule has 0 bridgehead atoms. The molecular formula is C21H23Cl3N4O2S. The molecule has 10 heteroatoms. The molecule has 0 fully saturated rings. The van der Waals surface area contributed by atoms with Gasteiger partial charge in [-0.05, 0) is 38.7 Å². The molecule has 2 aromatic heterocycles. The highest BCUT2D eigenvalue weighted by Gasteiger charge is 2.30. The average molecular weight is 502 g/mol. The number of carbonyl (C=O) groups excluding carboxylic acids is 1. The number of carbonyl (C=O) groups is 1. The Morgan fingerprint density at radius 2 is 1.87 bits per heavy atom. The zero-order chi connectivity index (χ0) is 22.7. The van der Waals surface area contributed by atoms with Crippen LogP contribution in [0.4, 0.5) is 0 Å². The predicted molar refractivity (Wildman–Crippen MR) is 127 cm³/mol. The van der Waals surface area contributed by atoms with Gasteiger partial charge in [-0.1, -0.05) is 54.6 Å². The van der Waals surface area contributed by atoms with Crippen LogP contribution in [0.5, 0.6) is 0 Å². The van der Waals surface area contributed by atoms with Crippen molar-refractivity contribution in [1.29, 1.82) is 0 Å². The highest BCUT2D eigenvalue weighted by Crippen LogP contribution is 2.38. The van der Waals surface area contributed by atoms with Gasteiger partial charge in [0, 0.05) is 5.02 Å². The standard InChI is InChI=1S/C21H23Cl3N4O2S/c1-5-7-8-13(21(29)30-6-2)17-16-19(26-11(3)25-17)28(27-20(16)31-4)18-14(23)9-12(22)10-15(18)24/h9-10,13H,5-8H2,1-4H3. The number of fused-ring (bicyclic) bond motifs is 1. The number of thioether (sulfide) groups is 1. The fraction of sp³-hybridized carbons (Fsp3) is 0.429. The van der Waals surface area contributed by atoms with E-state index in [1.54, 1.807) is 30.7 Å². The number of halogens is 3. The van der Waals surface area contributed by atoms with Gasteiger partial charge in [0.2, 0.25) is 0 Å². The van der Waals surface area contributed by atoms with E-state index in [2.05, 4.69) is 16.9 Å². The van der Waals surface area contributed by atoms with Crippen molar-refractivity contribution in [1.82, 2.24) is 19.7 Å². The van der Waals surface area contributed by atoms with E-state index in [1.165, 1.54) is 11.8 Å². The maximum Gasteiger partial charge on any atom is 0.315 e. The van der Waals surface area contributed by atoms with E-state index in [9.17, 15) is 4.79 Å². The van der Waals surface area contributed by atoms with Crippen LogP contribution in [0.3, 0.4) is 0 Å². The minimum absolute atomic E-state index is 0.294. The molecule has 31 heavy (non-hydrogen) atoms. The SMILES string of the molecule is CCCCC(C(=O)OCC)c1nc(C)nc2c1c(SC)nn2-c1c(Cl)cc(Cl)cc1Cl. The minimum Gasteiger partial charge on any atom is -0.465 e. The summed E-state index contributed by atoms with van der Waals surface area (Å²) >= 11 is 20.5. The smallest absolute Gasteiger partial charge is 0.315 e. The summed E-state index contributed by atoms with van der Waals surface area (Å²) in [6, 6.07) is 3.21. The maximum absolute atomic E-state index is 12.9. The Morgan fingerprint density at radius 3 is 2.45 bits per heavy atom. The van der Waals surface area contributed by atoms with Crippen molar-refractivity contribution in [2.24, 2.45) is 0 Å². The molecule has 0 saturated heterocycles. The highest BCUT2D eigenvalue weighted by molar-refractivity contribution is 7.98. The largest absolute Gasteiger partial charge is 0.465 e. The second kappa shape index (κ2) is 10.4. The van der Waals surface area contributed by atoms with E-state index in [4.69, 9.17) is 44.6 Å². The number of aromatic nitrogens is 4. The number of hydrogen-bond acceptors (Lipinski definition) is 6. The van der Waals surface area contributed by atoms with Gasteiger partial charge in [0.15, 0.2) is 5.65 Å². The summed E-state index contributed by atoms with van der Waals surface area (Å²) < 4.78 is 6.97. The van der Waals surface area contributed by atoms with Crippen LogP contribution in [0, 0.1) is 6.92 Å². The number of hydrogen-bond donors (Lipinski definition) is 0. The first-order valence-electron chi connectivity index (χ1n) is 9.95. The molecule has 6 nitrogen and oxygen atoms in total. The van der Waals surface area contributed by atoms with Crippen LogP contribution in [0.1, 0.15) is 50.5 Å². The van der Waals surface area contributed by atoms with Gasteiger partial charge in [-0.2, -0.15) is 5.10 Å². The zero-order valence-corrected chi connectivity index (χ0v) is 20.8. The van der Waals surface area contributed by atoms with Gasteiger partial charge >= 0.3 is 5.97 Å². The fourth-order valence-electron chi connectivity index (χ4n) is 3.43. The Kier molecular flexibility index (Phi) is 8.08. The first-order valence-corrected chi connectivity index (χ1v) is 12.3. The molecule has 0 aliphatic heterocycles. The summed E-state index contributed by atoms with van der Waals surface area (Å²) in [5.41, 5.74) is 1.62. The topological polar surface area (TPSA) is 69.9 Å². The van der Waals surface area contributed by atoms with Crippen LogP contribution >= 0.6 is 46.6 Å². The number of ether oxygens (including phenoxy) is 1. The van der Waals surface area contributed by atoms with Gasteiger partial charge in [-0.25, -0.2) is 14.6 Å². The van der Waals surface area contributed by atoms with Crippen LogP contribution in [0.25, 0.3) is 16.7 Å². The van der Waals surface area contributed by atoms with Crippen molar-refractivity contribution in [2.45, 2.75) is 51.0 Å². The van der Waals surface area contributed by atoms with Crippen molar-refractivity contribution in [2.75, 3.05) is 12.9 Å². The van der Waals surface area contributed by atoms with Crippen molar-refractivity contribution in [3.8, 4) is 5.69 Å². The lowest BCUT2D eigenvalue weighted by Crippen LogP contribution is -2.18. The second-order valence-corrected chi connectivity index (χ2v) is 8.99. The third kappa shape index (κ3) is 4.95. The summed E-state index contributed by atoms with van der Waals surface area (Å²) in [5, 5.41) is 7.21. The number of benzene rings is 1. The number of nitrogens with zero attached hydrogens (tertiary/aromatic N) is 4. The second-order valence-electron chi connectivity index (χ2n) is 6.94. The van der Waals surface area contributed by atoms with Crippen LogP contribution in [-0.2, 0) is 9.53 Å². The van der Waals surface area contributed by atoms with Gasteiger partial charge in [-0.15, -0.1) is 11.8 Å². The minimum atomic E-state index is -0.510. The lowest BCUT2D eigenvalue weighted by molar-refractivity contribution is -0.145. The number of rotatable bonds is 8. The Hall–Kier alpha value is -1.54. The average Bonchev–Trinajstić information content (AvgIpc) is 3.06. The van der Waals surface area contributed by atoms with E-state index in [0.717, 1.165) is 12.8 Å². The van der Waals surface area contributed by atoms with E-state index < -0.39 is 5.92 Å². The Morgan fingerprint density at radius 1 is 1.19 bits per heavy atom. The number of esters is 1. The first-order chi connectivity index (χ1) is 14.8. The molecule has 0 saturated carbocycles. The van der Waals surface area contributed by atoms with Gasteiger partial charge in [-0.3, -0.25) is 4.79 Å². The molecule has 3 rings (SSSR count). The van der Waals surface area contributed by atoms with Crippen LogP contribution < -0.4 is 0 Å². The highest BCUT2D eigenvalue weighted by atomic mass is 35.5. The molecule has 1 atom stereocenters. The molecular weight excluding hydrogens is 479 g/mol. The van der Waals surface area contributed by atoms with Gasteiger partial charge < -0.3 is 4.74 Å². The Labute approximate surface area is 200 Å². The molecule has 1 unspecified atom stereocenters. The van der Waals surface area contributed by atoms with Crippen LogP contribution in [0.2, 0.25) is 15.1 Å². The number of unbranched alkanes of at least 4 members (excludes halogenated alkanes) is 1. The van der Waals surface area contributed by atoms with Crippen molar-refractivity contribution in [3.05, 3.63) is 38.7 Å². The molecule has 3 aromatic rings. The molecule has 2 heterocycles. The monoisotopic (exact) mass is 500 g/mol. The molecule has 0 radical (unpaired) electrons. The van der Waals surface area contributed by atoms with E-state index in [0.29, 0.717) is 61.4 Å². The molecule has 0 N–H and O–H groups in total. The fourth-order valence-corrected chi connectivity index (χ4v) is 4.97. The molecule has 0 amide bonds. The lowest BCUT2D eigenvalue weighted by atomic mass is 9.96. The molecule has 0 spiro atoms. The lowest BCUT2D eigenvalue weighted by Gasteiger charge is -2.16. The maximum atomic E-state index is 12.9. The van der Waals surface area contributed by atoms with E-state index >= 15 is 0 Å². The van der Waals surface area contributed by atoms with Crippen molar-refractivity contribution < 1.29 is 9.53 Å². The Bertz CT molecular complexity index is 1100. The molecule has 0 aliphatic rings.